The maximum absolute atomic E-state index is 14.7. The lowest BCUT2D eigenvalue weighted by atomic mass is 10.0. The van der Waals surface area contributed by atoms with E-state index in [4.69, 9.17) is 4.74 Å². The summed E-state index contributed by atoms with van der Waals surface area (Å²) in [6.45, 7) is 0.779. The van der Waals surface area contributed by atoms with Crippen molar-refractivity contribution in [3.05, 3.63) is 48.2 Å². The van der Waals surface area contributed by atoms with Crippen LogP contribution < -0.4 is 20.1 Å². The van der Waals surface area contributed by atoms with E-state index in [1.807, 2.05) is 16.7 Å². The van der Waals surface area contributed by atoms with Gasteiger partial charge in [0.25, 0.3) is 10.0 Å². The quantitative estimate of drug-likeness (QED) is 0.263. The minimum absolute atomic E-state index is 0.00801. The van der Waals surface area contributed by atoms with Crippen molar-refractivity contribution in [1.29, 1.82) is 0 Å². The van der Waals surface area contributed by atoms with Crippen LogP contribution in [0, 0.1) is 11.8 Å². The second-order valence-electron chi connectivity index (χ2n) is 9.97. The third kappa shape index (κ3) is 7.46. The summed E-state index contributed by atoms with van der Waals surface area (Å²) in [4.78, 5) is 12.9. The molecule has 0 bridgehead atoms. The number of amides is 1. The molecule has 0 unspecified atom stereocenters. The number of likely N-dealkylation sites (tertiary alicyclic amines) is 1. The van der Waals surface area contributed by atoms with Crippen LogP contribution in [-0.2, 0) is 21.4 Å². The number of methoxy groups -OCH3 is 1. The van der Waals surface area contributed by atoms with Crippen molar-refractivity contribution in [3.8, 4) is 17.6 Å². The summed E-state index contributed by atoms with van der Waals surface area (Å²) in [5.74, 6) is 5.01. The van der Waals surface area contributed by atoms with Crippen LogP contribution in [0.15, 0.2) is 47.4 Å². The Kier molecular flexibility index (Phi) is 9.22. The summed E-state index contributed by atoms with van der Waals surface area (Å²) < 4.78 is 88.0. The number of hydrogen-bond acceptors (Lipinski definition) is 7. The summed E-state index contributed by atoms with van der Waals surface area (Å²) in [6.07, 6.45) is -5.08. The zero-order valence-corrected chi connectivity index (χ0v) is 24.0. The van der Waals surface area contributed by atoms with E-state index in [-0.39, 0.29) is 29.4 Å². The Morgan fingerprint density at radius 3 is 2.60 bits per heavy atom. The second kappa shape index (κ2) is 12.5. The van der Waals surface area contributed by atoms with Crippen molar-refractivity contribution in [2.24, 2.45) is 0 Å². The molecular weight excluding hydrogens is 578 g/mol. The Morgan fingerprint density at radius 2 is 1.93 bits per heavy atom. The molecule has 2 heterocycles. The maximum Gasteiger partial charge on any atom is 0.406 e. The van der Waals surface area contributed by atoms with Crippen molar-refractivity contribution < 1.29 is 35.5 Å². The van der Waals surface area contributed by atoms with Crippen LogP contribution in [0.2, 0.25) is 0 Å². The van der Waals surface area contributed by atoms with Crippen LogP contribution in [0.1, 0.15) is 19.0 Å². The van der Waals surface area contributed by atoms with Gasteiger partial charge in [-0.3, -0.25) is 4.79 Å². The molecule has 2 aromatic carbocycles. The van der Waals surface area contributed by atoms with E-state index in [9.17, 15) is 30.8 Å². The topological polar surface area (TPSA) is 105 Å². The highest BCUT2D eigenvalue weighted by Crippen LogP contribution is 2.32. The number of ether oxygens (including phenoxy) is 1. The molecule has 4 rings (SSSR count). The lowest BCUT2D eigenvalue weighted by molar-refractivity contribution is -0.140. The number of benzene rings is 2. The number of fused-ring (bicyclic) bond motifs is 1. The van der Waals surface area contributed by atoms with Crippen LogP contribution >= 0.6 is 0 Å². The number of anilines is 2. The molecule has 9 nitrogen and oxygen atoms in total. The molecule has 3 N–H and O–H groups in total. The molecule has 1 saturated heterocycles. The lowest BCUT2D eigenvalue weighted by Gasteiger charge is -2.33. The van der Waals surface area contributed by atoms with Gasteiger partial charge < -0.3 is 24.8 Å². The number of rotatable bonds is 8. The molecule has 0 spiro atoms. The zero-order valence-electron chi connectivity index (χ0n) is 23.2. The fourth-order valence-electron chi connectivity index (χ4n) is 4.79. The van der Waals surface area contributed by atoms with Gasteiger partial charge >= 0.3 is 6.18 Å². The molecule has 1 fully saturated rings. The second-order valence-corrected chi connectivity index (χ2v) is 11.6. The first-order chi connectivity index (χ1) is 19.8. The van der Waals surface area contributed by atoms with Gasteiger partial charge in [0.05, 0.1) is 41.5 Å². The molecule has 14 heteroatoms. The highest BCUT2D eigenvalue weighted by Gasteiger charge is 2.31. The first kappa shape index (κ1) is 31.0. The van der Waals surface area contributed by atoms with Gasteiger partial charge in [0, 0.05) is 37.2 Å². The number of sulfonamides is 1. The van der Waals surface area contributed by atoms with Crippen LogP contribution in [0.3, 0.4) is 0 Å². The number of piperidine rings is 1. The van der Waals surface area contributed by atoms with Crippen molar-refractivity contribution >= 4 is 38.2 Å². The average molecular weight is 610 g/mol. The van der Waals surface area contributed by atoms with Crippen LogP contribution in [0.5, 0.6) is 5.75 Å². The van der Waals surface area contributed by atoms with E-state index in [0.29, 0.717) is 35.2 Å². The number of halogens is 4. The van der Waals surface area contributed by atoms with E-state index < -0.39 is 40.9 Å². The minimum Gasteiger partial charge on any atom is -0.495 e. The van der Waals surface area contributed by atoms with Gasteiger partial charge in [-0.15, -0.1) is 0 Å². The number of carbonyl (C=O) groups excluding carboxylic acids is 1. The third-order valence-corrected chi connectivity index (χ3v) is 8.14. The van der Waals surface area contributed by atoms with Crippen molar-refractivity contribution in [3.63, 3.8) is 0 Å². The van der Waals surface area contributed by atoms with Gasteiger partial charge in [-0.2, -0.15) is 13.2 Å². The first-order valence-corrected chi connectivity index (χ1v) is 14.5. The molecule has 0 saturated carbocycles. The Balaban J connectivity index is 1.59. The standard InChI is InChI=1S/C28H31F4N5O4S/c1-18(38)35-42(39,40)20-9-10-25(27(15-20)41-3)33-12-5-6-19-14-21-23(34-24-11-13-36(2)16-22(24)29)7-4-8-26(21)37(19)17-28(30,31)32/h4,7-10,14-15,22,24,33-34H,11-13,16-17H2,1-3H3,(H,35,38)/t22-,24+/m0/s1. The van der Waals surface area contributed by atoms with E-state index in [0.717, 1.165) is 11.5 Å². The smallest absolute Gasteiger partial charge is 0.406 e. The first-order valence-electron chi connectivity index (χ1n) is 13.0. The molecule has 1 aliphatic heterocycles. The summed E-state index contributed by atoms with van der Waals surface area (Å²) in [5.41, 5.74) is 1.36. The van der Waals surface area contributed by atoms with E-state index in [1.54, 1.807) is 24.3 Å². The summed E-state index contributed by atoms with van der Waals surface area (Å²) in [5, 5.41) is 6.65. The van der Waals surface area contributed by atoms with Crippen molar-refractivity contribution in [1.82, 2.24) is 14.2 Å². The number of aromatic nitrogens is 1. The Labute approximate surface area is 241 Å². The number of carbonyl (C=O) groups is 1. The zero-order chi connectivity index (χ0) is 30.7. The summed E-state index contributed by atoms with van der Waals surface area (Å²) >= 11 is 0. The molecule has 1 aromatic heterocycles. The van der Waals surface area contributed by atoms with Crippen molar-refractivity contribution in [2.45, 2.75) is 43.2 Å². The van der Waals surface area contributed by atoms with Gasteiger partial charge in [-0.25, -0.2) is 17.5 Å². The Bertz CT molecular complexity index is 1630. The highest BCUT2D eigenvalue weighted by molar-refractivity contribution is 7.90. The number of nitrogens with one attached hydrogen (secondary N) is 3. The number of hydrogen-bond donors (Lipinski definition) is 3. The third-order valence-electron chi connectivity index (χ3n) is 6.71. The van der Waals surface area contributed by atoms with Crippen LogP contribution in [0.4, 0.5) is 28.9 Å². The molecule has 1 aliphatic rings. The fraction of sp³-hybridized carbons (Fsp3) is 0.393. The van der Waals surface area contributed by atoms with Gasteiger partial charge in [-0.1, -0.05) is 12.0 Å². The van der Waals surface area contributed by atoms with E-state index in [1.165, 1.54) is 25.3 Å². The average Bonchev–Trinajstić information content (AvgIpc) is 3.24. The van der Waals surface area contributed by atoms with Crippen LogP contribution in [-0.4, -0.2) is 76.0 Å². The van der Waals surface area contributed by atoms with Gasteiger partial charge in [-0.05, 0) is 49.7 Å². The van der Waals surface area contributed by atoms with E-state index >= 15 is 0 Å². The molecule has 3 aromatic rings. The Hall–Kier alpha value is -3.96. The molecule has 2 atom stereocenters. The monoisotopic (exact) mass is 609 g/mol. The number of nitrogens with zero attached hydrogens (tertiary/aromatic N) is 2. The summed E-state index contributed by atoms with van der Waals surface area (Å²) in [6, 6.07) is 9.92. The van der Waals surface area contributed by atoms with Gasteiger partial charge in [0.2, 0.25) is 5.91 Å². The largest absolute Gasteiger partial charge is 0.495 e. The van der Waals surface area contributed by atoms with Gasteiger partial charge in [0.15, 0.2) is 0 Å². The highest BCUT2D eigenvalue weighted by atomic mass is 32.2. The SMILES string of the molecule is COc1cc(S(=O)(=O)NC(C)=O)ccc1NCC#Cc1cc2c(N[C@@H]3CCN(C)C[C@@H]3F)cccc2n1CC(F)(F)F. The predicted octanol–water partition coefficient (Wildman–Crippen LogP) is 3.95. The fourth-order valence-corrected chi connectivity index (χ4v) is 5.80. The van der Waals surface area contributed by atoms with Crippen molar-refractivity contribution in [2.75, 3.05) is 44.4 Å². The molecule has 226 valence electrons. The predicted molar refractivity (Wildman–Crippen MR) is 152 cm³/mol. The molecule has 42 heavy (non-hydrogen) atoms. The lowest BCUT2D eigenvalue weighted by Crippen LogP contribution is -2.46. The van der Waals surface area contributed by atoms with Crippen LogP contribution in [0.25, 0.3) is 10.9 Å². The van der Waals surface area contributed by atoms with Gasteiger partial charge in [0.1, 0.15) is 18.5 Å². The molecule has 1 amide bonds. The minimum atomic E-state index is -4.51. The van der Waals surface area contributed by atoms with E-state index in [2.05, 4.69) is 22.5 Å². The molecule has 0 radical (unpaired) electrons. The molecular formula is C28H31F4N5O4S. The normalized spacial score (nSPS) is 17.8. The maximum atomic E-state index is 14.7. The molecule has 0 aliphatic carbocycles. The number of alkyl halides is 4. The summed E-state index contributed by atoms with van der Waals surface area (Å²) in [7, 11) is -0.909. The Morgan fingerprint density at radius 1 is 1.17 bits per heavy atom.